The molecule has 0 aliphatic carbocycles. The van der Waals surface area contributed by atoms with Gasteiger partial charge in [-0.25, -0.2) is 4.79 Å². The number of benzene rings is 2. The van der Waals surface area contributed by atoms with E-state index in [9.17, 15) is 4.79 Å². The third-order valence-electron chi connectivity index (χ3n) is 5.62. The van der Waals surface area contributed by atoms with Gasteiger partial charge >= 0.3 is 5.97 Å². The minimum Gasteiger partial charge on any atom is -0.463 e. The molecule has 0 heterocycles. The summed E-state index contributed by atoms with van der Waals surface area (Å²) in [5.41, 5.74) is 0.663. The van der Waals surface area contributed by atoms with Crippen molar-refractivity contribution in [1.82, 2.24) is 0 Å². The normalized spacial score (nSPS) is 13.9. The Morgan fingerprint density at radius 1 is 0.969 bits per heavy atom. The molecule has 0 spiro atoms. The van der Waals surface area contributed by atoms with Crippen LogP contribution in [0.5, 0.6) is 0 Å². The summed E-state index contributed by atoms with van der Waals surface area (Å²) >= 11 is 0. The molecule has 0 aliphatic rings. The van der Waals surface area contributed by atoms with Gasteiger partial charge < -0.3 is 9.16 Å². The Morgan fingerprint density at radius 2 is 1.50 bits per heavy atom. The summed E-state index contributed by atoms with van der Waals surface area (Å²) in [6, 6.07) is 21.4. The molecule has 3 nitrogen and oxygen atoms in total. The minimum atomic E-state index is -2.50. The van der Waals surface area contributed by atoms with Crippen LogP contribution in [0.3, 0.4) is 0 Å². The molecule has 0 saturated carbocycles. The van der Waals surface area contributed by atoms with E-state index in [-0.39, 0.29) is 16.9 Å². The highest BCUT2D eigenvalue weighted by Gasteiger charge is 2.49. The molecule has 0 radical (unpaired) electrons. The molecule has 0 aromatic heterocycles. The lowest BCUT2D eigenvalue weighted by atomic mass is 10.0. The number of rotatable bonds is 10. The summed E-state index contributed by atoms with van der Waals surface area (Å²) in [7, 11) is -2.50. The first-order valence-electron chi connectivity index (χ1n) is 11.5. The standard InChI is InChI=1S/C28H38O3Si/c1-7-30-27(29)24(3)22-23(2)16-14-15-21-31-32(28(4,5)6,25-17-10-8-11-18-25)26-19-12-9-13-20-26/h8-15,17-20,22-23H,7,16,21H2,1-6H3/b15-14+,24-22+. The van der Waals surface area contributed by atoms with Crippen molar-refractivity contribution in [3.05, 3.63) is 84.5 Å². The lowest BCUT2D eigenvalue weighted by molar-refractivity contribution is -0.138. The van der Waals surface area contributed by atoms with Gasteiger partial charge in [0.25, 0.3) is 8.32 Å². The van der Waals surface area contributed by atoms with E-state index in [0.717, 1.165) is 6.42 Å². The van der Waals surface area contributed by atoms with Crippen molar-refractivity contribution < 1.29 is 14.0 Å². The first kappa shape index (κ1) is 25.8. The van der Waals surface area contributed by atoms with E-state index < -0.39 is 8.32 Å². The molecule has 4 heteroatoms. The number of carbonyl (C=O) groups is 1. The molecular formula is C28H38O3Si. The maximum absolute atomic E-state index is 11.8. The van der Waals surface area contributed by atoms with Crippen molar-refractivity contribution in [2.24, 2.45) is 5.92 Å². The lowest BCUT2D eigenvalue weighted by Gasteiger charge is -2.42. The highest BCUT2D eigenvalue weighted by molar-refractivity contribution is 6.99. The third-order valence-corrected chi connectivity index (χ3v) is 10.6. The van der Waals surface area contributed by atoms with E-state index in [1.165, 1.54) is 10.4 Å². The molecule has 1 unspecified atom stereocenters. The van der Waals surface area contributed by atoms with Gasteiger partial charge in [0.05, 0.1) is 13.2 Å². The molecule has 0 bridgehead atoms. The Bertz CT molecular complexity index is 856. The van der Waals surface area contributed by atoms with Crippen LogP contribution in [0.2, 0.25) is 5.04 Å². The quantitative estimate of drug-likeness (QED) is 0.203. The van der Waals surface area contributed by atoms with Gasteiger partial charge in [0.2, 0.25) is 0 Å². The third kappa shape index (κ3) is 6.53. The Morgan fingerprint density at radius 3 is 1.97 bits per heavy atom. The first-order chi connectivity index (χ1) is 15.2. The van der Waals surface area contributed by atoms with Crippen LogP contribution in [0.4, 0.5) is 0 Å². The van der Waals surface area contributed by atoms with Crippen LogP contribution in [-0.2, 0) is 14.0 Å². The molecule has 0 saturated heterocycles. The summed E-state index contributed by atoms with van der Waals surface area (Å²) in [6.07, 6.45) is 7.09. The van der Waals surface area contributed by atoms with Crippen molar-refractivity contribution in [2.75, 3.05) is 13.2 Å². The number of allylic oxidation sites excluding steroid dienone is 2. The smallest absolute Gasteiger partial charge is 0.333 e. The second kappa shape index (κ2) is 12.0. The molecule has 0 fully saturated rings. The second-order valence-corrected chi connectivity index (χ2v) is 13.5. The van der Waals surface area contributed by atoms with E-state index in [4.69, 9.17) is 9.16 Å². The highest BCUT2D eigenvalue weighted by Crippen LogP contribution is 2.36. The van der Waals surface area contributed by atoms with E-state index in [1.54, 1.807) is 0 Å². The summed E-state index contributed by atoms with van der Waals surface area (Å²) in [5, 5.41) is 2.54. The van der Waals surface area contributed by atoms with Crippen LogP contribution in [0.25, 0.3) is 0 Å². The van der Waals surface area contributed by atoms with Crippen molar-refractivity contribution in [3.8, 4) is 0 Å². The summed E-state index contributed by atoms with van der Waals surface area (Å²) in [5.74, 6) is 0.0156. The summed E-state index contributed by atoms with van der Waals surface area (Å²) in [6.45, 7) is 13.6. The number of esters is 1. The van der Waals surface area contributed by atoms with Crippen molar-refractivity contribution in [3.63, 3.8) is 0 Å². The summed E-state index contributed by atoms with van der Waals surface area (Å²) in [4.78, 5) is 11.8. The van der Waals surface area contributed by atoms with E-state index >= 15 is 0 Å². The largest absolute Gasteiger partial charge is 0.463 e. The topological polar surface area (TPSA) is 35.5 Å². The molecule has 0 amide bonds. The molecule has 1 atom stereocenters. The van der Waals surface area contributed by atoms with Crippen LogP contribution in [0.1, 0.15) is 48.0 Å². The van der Waals surface area contributed by atoms with Crippen molar-refractivity contribution in [2.45, 2.75) is 53.0 Å². The zero-order valence-electron chi connectivity index (χ0n) is 20.4. The number of ether oxygens (including phenoxy) is 1. The fourth-order valence-corrected chi connectivity index (χ4v) is 8.62. The van der Waals surface area contributed by atoms with Crippen molar-refractivity contribution >= 4 is 24.7 Å². The lowest BCUT2D eigenvalue weighted by Crippen LogP contribution is -2.66. The number of hydrogen-bond acceptors (Lipinski definition) is 3. The SMILES string of the molecule is CCOC(=O)/C(C)=C/C(C)C/C=C/CO[Si](c1ccccc1)(c1ccccc1)C(C)(C)C. The first-order valence-corrected chi connectivity index (χ1v) is 13.4. The van der Waals surface area contributed by atoms with Gasteiger partial charge in [0.15, 0.2) is 0 Å². The van der Waals surface area contributed by atoms with Gasteiger partial charge in [-0.05, 0) is 41.6 Å². The average molecular weight is 451 g/mol. The van der Waals surface area contributed by atoms with Crippen LogP contribution < -0.4 is 10.4 Å². The Balaban J connectivity index is 2.18. The fraction of sp³-hybridized carbons (Fsp3) is 0.393. The fourth-order valence-electron chi connectivity index (χ4n) is 4.12. The molecule has 0 aliphatic heterocycles. The number of hydrogen-bond donors (Lipinski definition) is 0. The second-order valence-electron chi connectivity index (χ2n) is 9.23. The van der Waals surface area contributed by atoms with E-state index in [0.29, 0.717) is 18.8 Å². The predicted octanol–water partition coefficient (Wildman–Crippen LogP) is 5.65. The minimum absolute atomic E-state index is 0.0314. The van der Waals surface area contributed by atoms with Gasteiger partial charge in [-0.15, -0.1) is 0 Å². The predicted molar refractivity (Wildman–Crippen MR) is 137 cm³/mol. The molecule has 2 rings (SSSR count). The average Bonchev–Trinajstić information content (AvgIpc) is 2.76. The van der Waals surface area contributed by atoms with E-state index in [2.05, 4.69) is 101 Å². The zero-order valence-corrected chi connectivity index (χ0v) is 21.4. The Hall–Kier alpha value is -2.43. The summed E-state index contributed by atoms with van der Waals surface area (Å²) < 4.78 is 11.9. The van der Waals surface area contributed by atoms with Crippen LogP contribution in [-0.4, -0.2) is 27.5 Å². The van der Waals surface area contributed by atoms with Crippen LogP contribution >= 0.6 is 0 Å². The maximum atomic E-state index is 11.8. The molecular weight excluding hydrogens is 412 g/mol. The maximum Gasteiger partial charge on any atom is 0.333 e. The van der Waals surface area contributed by atoms with Gasteiger partial charge in [-0.2, -0.15) is 0 Å². The molecule has 0 N–H and O–H groups in total. The van der Waals surface area contributed by atoms with Gasteiger partial charge in [0, 0.05) is 5.57 Å². The molecule has 2 aromatic carbocycles. The number of carbonyl (C=O) groups excluding carboxylic acids is 1. The van der Waals surface area contributed by atoms with Crippen LogP contribution in [0, 0.1) is 5.92 Å². The van der Waals surface area contributed by atoms with Crippen molar-refractivity contribution in [1.29, 1.82) is 0 Å². The monoisotopic (exact) mass is 450 g/mol. The highest BCUT2D eigenvalue weighted by atomic mass is 28.4. The van der Waals surface area contributed by atoms with E-state index in [1.807, 2.05) is 19.9 Å². The van der Waals surface area contributed by atoms with Gasteiger partial charge in [0.1, 0.15) is 0 Å². The zero-order chi connectivity index (χ0) is 23.6. The van der Waals surface area contributed by atoms with Gasteiger partial charge in [-0.3, -0.25) is 0 Å². The van der Waals surface area contributed by atoms with Gasteiger partial charge in [-0.1, -0.05) is 107 Å². The van der Waals surface area contributed by atoms with Crippen LogP contribution in [0.15, 0.2) is 84.5 Å². The molecule has 172 valence electrons. The molecule has 32 heavy (non-hydrogen) atoms. The Kier molecular flexibility index (Phi) is 9.67. The Labute approximate surface area is 195 Å². The molecule has 2 aromatic rings.